The summed E-state index contributed by atoms with van der Waals surface area (Å²) in [6.07, 6.45) is 2.84. The van der Waals surface area contributed by atoms with Crippen LogP contribution in [0.2, 0.25) is 0 Å². The molecule has 1 aromatic carbocycles. The number of anilines is 1. The van der Waals surface area contributed by atoms with Crippen molar-refractivity contribution in [2.75, 3.05) is 4.72 Å². The van der Waals surface area contributed by atoms with Gasteiger partial charge in [-0.3, -0.25) is 9.40 Å². The summed E-state index contributed by atoms with van der Waals surface area (Å²) in [5.74, 6) is 0. The second-order valence-corrected chi connectivity index (χ2v) is 6.24. The van der Waals surface area contributed by atoms with Crippen molar-refractivity contribution in [3.8, 4) is 0 Å². The van der Waals surface area contributed by atoms with E-state index in [1.54, 1.807) is 28.9 Å². The van der Waals surface area contributed by atoms with Crippen molar-refractivity contribution < 1.29 is 8.42 Å². The largest absolute Gasteiger partial charge is 0.280 e. The molecule has 5 nitrogen and oxygen atoms in total. The number of hydrogen-bond acceptors (Lipinski definition) is 3. The molecule has 0 saturated heterocycles. The first-order valence-corrected chi connectivity index (χ1v) is 7.60. The van der Waals surface area contributed by atoms with E-state index in [0.717, 1.165) is 4.47 Å². The zero-order chi connectivity index (χ0) is 13.2. The van der Waals surface area contributed by atoms with E-state index in [0.29, 0.717) is 12.2 Å². The summed E-state index contributed by atoms with van der Waals surface area (Å²) in [5, 5.41) is 3.95. The number of nitrogens with zero attached hydrogens (tertiary/aromatic N) is 2. The molecule has 96 valence electrons. The maximum Gasteiger partial charge on any atom is 0.265 e. The third kappa shape index (κ3) is 2.91. The maximum absolute atomic E-state index is 12.0. The molecule has 1 heterocycles. The number of aryl methyl sites for hydroxylation is 1. The van der Waals surface area contributed by atoms with Crippen LogP contribution in [0.25, 0.3) is 0 Å². The SMILES string of the molecule is CCn1cc(S(=O)(=O)Nc2ccc(Br)cc2)cn1. The molecule has 1 aromatic heterocycles. The van der Waals surface area contributed by atoms with Crippen molar-refractivity contribution in [1.29, 1.82) is 0 Å². The number of nitrogens with one attached hydrogen (secondary N) is 1. The molecule has 0 aliphatic heterocycles. The molecule has 0 spiro atoms. The lowest BCUT2D eigenvalue weighted by molar-refractivity contribution is 0.600. The Balaban J connectivity index is 2.24. The van der Waals surface area contributed by atoms with E-state index < -0.39 is 10.0 Å². The molecule has 0 amide bonds. The number of hydrogen-bond donors (Lipinski definition) is 1. The van der Waals surface area contributed by atoms with Crippen molar-refractivity contribution >= 4 is 31.6 Å². The van der Waals surface area contributed by atoms with Crippen molar-refractivity contribution in [2.45, 2.75) is 18.4 Å². The molecule has 0 aliphatic carbocycles. The molecular weight excluding hydrogens is 318 g/mol. The highest BCUT2D eigenvalue weighted by atomic mass is 79.9. The summed E-state index contributed by atoms with van der Waals surface area (Å²) in [7, 11) is -3.56. The average Bonchev–Trinajstić information content (AvgIpc) is 2.81. The van der Waals surface area contributed by atoms with Crippen LogP contribution in [0.1, 0.15) is 6.92 Å². The number of rotatable bonds is 4. The van der Waals surface area contributed by atoms with Gasteiger partial charge in [-0.05, 0) is 31.2 Å². The Morgan fingerprint density at radius 2 is 2.00 bits per heavy atom. The van der Waals surface area contributed by atoms with E-state index in [1.807, 2.05) is 6.92 Å². The van der Waals surface area contributed by atoms with E-state index in [4.69, 9.17) is 0 Å². The molecule has 2 aromatic rings. The van der Waals surface area contributed by atoms with Gasteiger partial charge in [0.1, 0.15) is 4.90 Å². The van der Waals surface area contributed by atoms with Crippen molar-refractivity contribution in [3.63, 3.8) is 0 Å². The van der Waals surface area contributed by atoms with E-state index in [9.17, 15) is 8.42 Å². The van der Waals surface area contributed by atoms with E-state index >= 15 is 0 Å². The first-order valence-electron chi connectivity index (χ1n) is 5.32. The van der Waals surface area contributed by atoms with Crippen molar-refractivity contribution in [1.82, 2.24) is 9.78 Å². The summed E-state index contributed by atoms with van der Waals surface area (Å²) < 4.78 is 29.0. The van der Waals surface area contributed by atoms with Gasteiger partial charge in [0.15, 0.2) is 0 Å². The van der Waals surface area contributed by atoms with Gasteiger partial charge in [-0.1, -0.05) is 15.9 Å². The minimum atomic E-state index is -3.56. The highest BCUT2D eigenvalue weighted by molar-refractivity contribution is 9.10. The monoisotopic (exact) mass is 329 g/mol. The van der Waals surface area contributed by atoms with Crippen LogP contribution in [0.5, 0.6) is 0 Å². The molecule has 2 rings (SSSR count). The fourth-order valence-corrected chi connectivity index (χ4v) is 2.66. The standard InChI is InChI=1S/C11H12BrN3O2S/c1-2-15-8-11(7-13-15)18(16,17)14-10-5-3-9(12)4-6-10/h3-8,14H,2H2,1H3. The molecule has 1 N–H and O–H groups in total. The summed E-state index contributed by atoms with van der Waals surface area (Å²) in [4.78, 5) is 0.160. The van der Waals surface area contributed by atoms with Crippen LogP contribution in [0.15, 0.2) is 46.0 Å². The van der Waals surface area contributed by atoms with Crippen molar-refractivity contribution in [2.24, 2.45) is 0 Å². The number of halogens is 1. The Labute approximate surface area is 114 Å². The van der Waals surface area contributed by atoms with Gasteiger partial charge in [0.05, 0.1) is 6.20 Å². The highest BCUT2D eigenvalue weighted by Crippen LogP contribution is 2.18. The van der Waals surface area contributed by atoms with Crippen LogP contribution < -0.4 is 4.72 Å². The van der Waals surface area contributed by atoms with E-state index in [1.165, 1.54) is 12.4 Å². The minimum absolute atomic E-state index is 0.160. The van der Waals surface area contributed by atoms with Crippen LogP contribution in [0, 0.1) is 0 Å². The van der Waals surface area contributed by atoms with Crippen LogP contribution in [0.3, 0.4) is 0 Å². The first-order chi connectivity index (χ1) is 8.51. The zero-order valence-electron chi connectivity index (χ0n) is 9.67. The molecule has 0 fully saturated rings. The molecule has 0 saturated carbocycles. The predicted molar refractivity (Wildman–Crippen MR) is 72.9 cm³/mol. The third-order valence-corrected chi connectivity index (χ3v) is 4.20. The zero-order valence-corrected chi connectivity index (χ0v) is 12.1. The topological polar surface area (TPSA) is 64.0 Å². The smallest absolute Gasteiger partial charge is 0.265 e. The Kier molecular flexibility index (Phi) is 3.72. The van der Waals surface area contributed by atoms with E-state index in [2.05, 4.69) is 25.8 Å². The number of aromatic nitrogens is 2. The third-order valence-electron chi connectivity index (χ3n) is 2.34. The van der Waals surface area contributed by atoms with Crippen molar-refractivity contribution in [3.05, 3.63) is 41.1 Å². The predicted octanol–water partition coefficient (Wildman–Crippen LogP) is 2.47. The van der Waals surface area contributed by atoms with Gasteiger partial charge in [-0.15, -0.1) is 0 Å². The molecule has 0 atom stereocenters. The molecule has 18 heavy (non-hydrogen) atoms. The van der Waals surface area contributed by atoms with Crippen LogP contribution >= 0.6 is 15.9 Å². The van der Waals surface area contributed by atoms with E-state index in [-0.39, 0.29) is 4.90 Å². The maximum atomic E-state index is 12.0. The fraction of sp³-hybridized carbons (Fsp3) is 0.182. The second kappa shape index (κ2) is 5.11. The average molecular weight is 330 g/mol. The number of benzene rings is 1. The van der Waals surface area contributed by atoms with Gasteiger partial charge in [-0.2, -0.15) is 5.10 Å². The van der Waals surface area contributed by atoms with Gasteiger partial charge in [-0.25, -0.2) is 8.42 Å². The Bertz CT molecular complexity index is 635. The summed E-state index contributed by atoms with van der Waals surface area (Å²) >= 11 is 3.29. The normalized spacial score (nSPS) is 11.4. The summed E-state index contributed by atoms with van der Waals surface area (Å²) in [5.41, 5.74) is 0.516. The van der Waals surface area contributed by atoms with Gasteiger partial charge >= 0.3 is 0 Å². The lowest BCUT2D eigenvalue weighted by atomic mass is 10.3. The van der Waals surface area contributed by atoms with Gasteiger partial charge in [0.2, 0.25) is 0 Å². The molecule has 0 aliphatic rings. The molecule has 0 radical (unpaired) electrons. The van der Waals surface area contributed by atoms with Crippen LogP contribution in [-0.2, 0) is 16.6 Å². The Hall–Kier alpha value is -1.34. The van der Waals surface area contributed by atoms with Crippen LogP contribution in [0.4, 0.5) is 5.69 Å². The summed E-state index contributed by atoms with van der Waals surface area (Å²) in [6, 6.07) is 6.92. The Morgan fingerprint density at radius 3 is 2.56 bits per heavy atom. The van der Waals surface area contributed by atoms with Gasteiger partial charge in [0.25, 0.3) is 10.0 Å². The second-order valence-electron chi connectivity index (χ2n) is 3.64. The lowest BCUT2D eigenvalue weighted by Crippen LogP contribution is -2.12. The van der Waals surface area contributed by atoms with Gasteiger partial charge < -0.3 is 0 Å². The molecule has 7 heteroatoms. The Morgan fingerprint density at radius 1 is 1.33 bits per heavy atom. The number of sulfonamides is 1. The highest BCUT2D eigenvalue weighted by Gasteiger charge is 2.16. The molecule has 0 unspecified atom stereocenters. The summed E-state index contributed by atoms with van der Waals surface area (Å²) in [6.45, 7) is 2.53. The van der Waals surface area contributed by atoms with Gasteiger partial charge in [0, 0.05) is 22.9 Å². The first kappa shape index (κ1) is 13.1. The fourth-order valence-electron chi connectivity index (χ4n) is 1.39. The molecular formula is C11H12BrN3O2S. The molecule has 0 bridgehead atoms. The van der Waals surface area contributed by atoms with Crippen LogP contribution in [-0.4, -0.2) is 18.2 Å². The quantitative estimate of drug-likeness (QED) is 0.937. The minimum Gasteiger partial charge on any atom is -0.280 e. The lowest BCUT2D eigenvalue weighted by Gasteiger charge is -2.05.